The minimum atomic E-state index is -5.56. The summed E-state index contributed by atoms with van der Waals surface area (Å²) in [5.74, 6) is 0.681. The zero-order valence-corrected chi connectivity index (χ0v) is 24.5. The van der Waals surface area contributed by atoms with Crippen molar-refractivity contribution in [2.75, 3.05) is 24.7 Å². The Kier molecular flexibility index (Phi) is 7.48. The highest BCUT2D eigenvalue weighted by Crippen LogP contribution is 2.65. The van der Waals surface area contributed by atoms with Gasteiger partial charge >= 0.3 is 27.5 Å². The standard InChI is InChI=1S/C29H33F5O6S2/c30-28(31,32)17-38-24-7-8-25(23-6-2-1-5-22(23)24)41(9-3-4-10-41)40-42(36,37)29(33,34)18-39-26(35)27-14-19-11-20(15-27)13-21(12-19)16-27/h1-2,5-8,19-21H,3-4,9-18H2. The maximum Gasteiger partial charge on any atom is 0.422 e. The van der Waals surface area contributed by atoms with Crippen molar-refractivity contribution in [3.05, 3.63) is 36.4 Å². The number of alkyl halides is 5. The number of hydrogen-bond donors (Lipinski definition) is 0. The van der Waals surface area contributed by atoms with E-state index < -0.39 is 56.5 Å². The fourth-order valence-corrected chi connectivity index (χ4v) is 13.6. The van der Waals surface area contributed by atoms with E-state index in [0.717, 1.165) is 19.3 Å². The van der Waals surface area contributed by atoms with Gasteiger partial charge in [-0.05, 0) is 86.6 Å². The molecule has 2 aromatic carbocycles. The van der Waals surface area contributed by atoms with Gasteiger partial charge in [-0.1, -0.05) is 34.6 Å². The van der Waals surface area contributed by atoms with E-state index in [-0.39, 0.29) is 22.6 Å². The van der Waals surface area contributed by atoms with Crippen molar-refractivity contribution in [3.8, 4) is 5.75 Å². The molecule has 7 rings (SSSR count). The fraction of sp³-hybridized carbons (Fsp3) is 0.621. The normalized spacial score (nSPS) is 29.5. The molecule has 0 spiro atoms. The number of halogens is 5. The Bertz CT molecular complexity index is 1430. The highest BCUT2D eigenvalue weighted by Gasteiger charge is 2.57. The van der Waals surface area contributed by atoms with E-state index in [9.17, 15) is 26.4 Å². The molecular weight excluding hydrogens is 603 g/mol. The van der Waals surface area contributed by atoms with Gasteiger partial charge in [0.1, 0.15) is 5.75 Å². The highest BCUT2D eigenvalue weighted by atomic mass is 32.3. The van der Waals surface area contributed by atoms with Gasteiger partial charge in [-0.2, -0.15) is 30.4 Å². The van der Waals surface area contributed by atoms with Crippen molar-refractivity contribution in [2.45, 2.75) is 67.7 Å². The second-order valence-corrected chi connectivity index (χ2v) is 17.3. The Morgan fingerprint density at radius 1 is 0.857 bits per heavy atom. The molecule has 5 aliphatic rings. The highest BCUT2D eigenvalue weighted by molar-refractivity contribution is 8.33. The summed E-state index contributed by atoms with van der Waals surface area (Å²) in [4.78, 5) is 13.5. The Hall–Kier alpha value is -2.12. The maximum absolute atomic E-state index is 15.4. The lowest BCUT2D eigenvalue weighted by molar-refractivity contribution is -0.176. The van der Waals surface area contributed by atoms with Crippen LogP contribution in [0.1, 0.15) is 51.4 Å². The number of esters is 1. The van der Waals surface area contributed by atoms with E-state index in [1.54, 1.807) is 18.2 Å². The first-order valence-electron chi connectivity index (χ1n) is 14.2. The average Bonchev–Trinajstić information content (AvgIpc) is 3.37. The van der Waals surface area contributed by atoms with E-state index in [4.69, 9.17) is 13.1 Å². The molecule has 232 valence electrons. The van der Waals surface area contributed by atoms with E-state index in [2.05, 4.69) is 0 Å². The van der Waals surface area contributed by atoms with E-state index in [1.807, 2.05) is 0 Å². The summed E-state index contributed by atoms with van der Waals surface area (Å²) in [6, 6.07) is 9.02. The van der Waals surface area contributed by atoms with Gasteiger partial charge in [0.25, 0.3) is 0 Å². The molecule has 0 atom stereocenters. The smallest absolute Gasteiger partial charge is 0.422 e. The Morgan fingerprint density at radius 2 is 1.43 bits per heavy atom. The minimum absolute atomic E-state index is 0.0657. The molecule has 4 aliphatic carbocycles. The predicted octanol–water partition coefficient (Wildman–Crippen LogP) is 7.35. The maximum atomic E-state index is 15.4. The summed E-state index contributed by atoms with van der Waals surface area (Å²) in [6.07, 6.45) is 1.39. The lowest BCUT2D eigenvalue weighted by Gasteiger charge is -2.55. The summed E-state index contributed by atoms with van der Waals surface area (Å²) in [5, 5.41) is -3.82. The molecule has 2 aromatic rings. The van der Waals surface area contributed by atoms with Crippen molar-refractivity contribution in [3.63, 3.8) is 0 Å². The third-order valence-corrected chi connectivity index (χ3v) is 14.9. The number of fused-ring (bicyclic) bond motifs is 1. The summed E-state index contributed by atoms with van der Waals surface area (Å²) in [6.45, 7) is -3.15. The first-order chi connectivity index (χ1) is 19.7. The molecule has 0 N–H and O–H groups in total. The molecule has 1 heterocycles. The fourth-order valence-electron chi connectivity index (χ4n) is 7.91. The molecule has 13 heteroatoms. The molecule has 0 amide bonds. The van der Waals surface area contributed by atoms with Crippen molar-refractivity contribution < 1.29 is 48.3 Å². The van der Waals surface area contributed by atoms with Gasteiger partial charge in [0.2, 0.25) is 0 Å². The molecule has 42 heavy (non-hydrogen) atoms. The van der Waals surface area contributed by atoms with Gasteiger partial charge < -0.3 is 9.47 Å². The predicted molar refractivity (Wildman–Crippen MR) is 147 cm³/mol. The monoisotopic (exact) mass is 636 g/mol. The molecule has 0 aromatic heterocycles. The summed E-state index contributed by atoms with van der Waals surface area (Å²) < 4.78 is 111. The van der Waals surface area contributed by atoms with Gasteiger partial charge in [0, 0.05) is 21.8 Å². The van der Waals surface area contributed by atoms with Crippen LogP contribution in [-0.4, -0.2) is 50.5 Å². The van der Waals surface area contributed by atoms with Crippen LogP contribution < -0.4 is 4.74 Å². The number of carbonyl (C=O) groups excluding carboxylic acids is 1. The Morgan fingerprint density at radius 3 is 2.00 bits per heavy atom. The Balaban J connectivity index is 1.23. The number of rotatable bonds is 9. The summed E-state index contributed by atoms with van der Waals surface area (Å²) in [5.41, 5.74) is -0.817. The number of hydrogen-bond acceptors (Lipinski definition) is 6. The molecule has 1 aliphatic heterocycles. The molecule has 1 saturated heterocycles. The van der Waals surface area contributed by atoms with Crippen molar-refractivity contribution in [1.82, 2.24) is 0 Å². The van der Waals surface area contributed by atoms with Crippen molar-refractivity contribution in [2.24, 2.45) is 23.2 Å². The van der Waals surface area contributed by atoms with Gasteiger partial charge in [0.15, 0.2) is 13.2 Å². The quantitative estimate of drug-likeness (QED) is 0.212. The molecule has 0 unspecified atom stereocenters. The van der Waals surface area contributed by atoms with Crippen LogP contribution in [0.25, 0.3) is 10.8 Å². The second kappa shape index (κ2) is 10.5. The number of benzene rings is 2. The third-order valence-electron chi connectivity index (χ3n) is 9.26. The van der Waals surface area contributed by atoms with Gasteiger partial charge in [0.05, 0.1) is 5.41 Å². The number of ether oxygens (including phenoxy) is 2. The second-order valence-electron chi connectivity index (χ2n) is 12.4. The lowest BCUT2D eigenvalue weighted by atomic mass is 9.49. The van der Waals surface area contributed by atoms with Crippen LogP contribution in [0.2, 0.25) is 0 Å². The Labute approximate surface area is 242 Å². The number of carbonyl (C=O) groups is 1. The SMILES string of the molecule is O=C(OCC(F)(F)S(=O)(=O)OS1(c2ccc(OCC(F)(F)F)c3ccccc23)CCCC1)C12CC3CC(CC(C3)C1)C2. The van der Waals surface area contributed by atoms with Gasteiger partial charge in [-0.25, -0.2) is 3.63 Å². The third kappa shape index (κ3) is 5.49. The zero-order chi connectivity index (χ0) is 30.0. The molecule has 0 radical (unpaired) electrons. The van der Waals surface area contributed by atoms with Crippen LogP contribution >= 0.6 is 10.3 Å². The van der Waals surface area contributed by atoms with Gasteiger partial charge in [-0.15, -0.1) is 0 Å². The topological polar surface area (TPSA) is 78.9 Å². The summed E-state index contributed by atoms with van der Waals surface area (Å²) >= 11 is 0. The summed E-state index contributed by atoms with van der Waals surface area (Å²) in [7, 11) is -8.39. The van der Waals surface area contributed by atoms with Crippen LogP contribution in [0, 0.1) is 23.2 Å². The van der Waals surface area contributed by atoms with Crippen LogP contribution in [0.4, 0.5) is 22.0 Å². The minimum Gasteiger partial charge on any atom is -0.483 e. The van der Waals surface area contributed by atoms with Crippen molar-refractivity contribution >= 4 is 37.2 Å². The van der Waals surface area contributed by atoms with Crippen molar-refractivity contribution in [1.29, 1.82) is 0 Å². The van der Waals surface area contributed by atoms with E-state index >= 15 is 8.78 Å². The van der Waals surface area contributed by atoms with Crippen LogP contribution in [0.3, 0.4) is 0 Å². The lowest BCUT2D eigenvalue weighted by Crippen LogP contribution is -2.51. The molecule has 4 bridgehead atoms. The molecule has 6 nitrogen and oxygen atoms in total. The molecule has 4 saturated carbocycles. The zero-order valence-electron chi connectivity index (χ0n) is 22.8. The van der Waals surface area contributed by atoms with Gasteiger partial charge in [-0.3, -0.25) is 4.79 Å². The molecular formula is C29H33F5O6S2. The average molecular weight is 637 g/mol. The van der Waals surface area contributed by atoms with E-state index in [0.29, 0.717) is 60.1 Å². The van der Waals surface area contributed by atoms with Crippen LogP contribution in [0.5, 0.6) is 5.75 Å². The van der Waals surface area contributed by atoms with Crippen LogP contribution in [0.15, 0.2) is 41.3 Å². The largest absolute Gasteiger partial charge is 0.483 e. The first kappa shape index (κ1) is 29.9. The van der Waals surface area contributed by atoms with E-state index in [1.165, 1.54) is 18.2 Å². The molecule has 5 fully saturated rings. The first-order valence-corrected chi connectivity index (χ1v) is 17.5. The van der Waals surface area contributed by atoms with Crippen LogP contribution in [-0.2, 0) is 23.3 Å².